The molecule has 2 aliphatic heterocycles. The van der Waals surface area contributed by atoms with Crippen LogP contribution in [0.15, 0.2) is 80.5 Å². The number of phenols is 1. The number of fused-ring (bicyclic) bond motifs is 2. The molecule has 1 N–H and O–H groups in total. The summed E-state index contributed by atoms with van der Waals surface area (Å²) in [6, 6.07) is 17.1. The van der Waals surface area contributed by atoms with Crippen LogP contribution in [0.5, 0.6) is 23.0 Å². The van der Waals surface area contributed by atoms with Crippen LogP contribution in [0.3, 0.4) is 0 Å². The molecule has 3 heterocycles. The van der Waals surface area contributed by atoms with Crippen LogP contribution < -0.4 is 29.1 Å². The van der Waals surface area contributed by atoms with Crippen molar-refractivity contribution in [2.24, 2.45) is 4.99 Å². The molecule has 9 nitrogen and oxygen atoms in total. The van der Waals surface area contributed by atoms with Crippen molar-refractivity contribution in [2.45, 2.75) is 13.0 Å². The first-order valence-corrected chi connectivity index (χ1v) is 14.2. The second kappa shape index (κ2) is 10.9. The number of nitrogens with zero attached hydrogens (tertiary/aromatic N) is 2. The number of aromatic nitrogens is 1. The van der Waals surface area contributed by atoms with E-state index in [1.165, 1.54) is 11.7 Å². The maximum absolute atomic E-state index is 14.1. The second-order valence-corrected chi connectivity index (χ2v) is 11.0. The van der Waals surface area contributed by atoms with Crippen LogP contribution in [-0.4, -0.2) is 36.2 Å². The Balaban J connectivity index is 1.65. The molecule has 1 aromatic heterocycles. The van der Waals surface area contributed by atoms with Gasteiger partial charge in [-0.25, -0.2) is 9.79 Å². The van der Waals surface area contributed by atoms with Gasteiger partial charge in [0.1, 0.15) is 0 Å². The van der Waals surface area contributed by atoms with Gasteiger partial charge >= 0.3 is 5.97 Å². The minimum Gasteiger partial charge on any atom is -0.504 e. The molecule has 41 heavy (non-hydrogen) atoms. The molecule has 0 aliphatic carbocycles. The Morgan fingerprint density at radius 1 is 1.17 bits per heavy atom. The predicted octanol–water partition coefficient (Wildman–Crippen LogP) is 4.14. The van der Waals surface area contributed by atoms with E-state index in [4.69, 9.17) is 23.9 Å². The molecule has 0 amide bonds. The standard InChI is InChI=1S/C30H23BrN2O7S/c1-3-38-29(36)24-25(16-7-5-4-6-8-16)32-30-33(26(24)17-9-10-20-21(12-17)40-15-39-20)28(35)23(41-30)13-18-11-19(31)14-22(37-2)27(18)34/h4-14,26,34H,3,15H2,1-2H3/b23-13+. The fraction of sp³-hybridized carbons (Fsp3) is 0.167. The van der Waals surface area contributed by atoms with Crippen LogP contribution in [0.2, 0.25) is 0 Å². The summed E-state index contributed by atoms with van der Waals surface area (Å²) < 4.78 is 24.4. The fourth-order valence-electron chi connectivity index (χ4n) is 4.84. The van der Waals surface area contributed by atoms with E-state index >= 15 is 0 Å². The van der Waals surface area contributed by atoms with E-state index in [1.54, 1.807) is 43.3 Å². The Hall–Kier alpha value is -4.35. The maximum Gasteiger partial charge on any atom is 0.338 e. The second-order valence-electron chi connectivity index (χ2n) is 9.09. The van der Waals surface area contributed by atoms with Crippen molar-refractivity contribution in [3.63, 3.8) is 0 Å². The van der Waals surface area contributed by atoms with Gasteiger partial charge in [-0.2, -0.15) is 0 Å². The van der Waals surface area contributed by atoms with Gasteiger partial charge in [0.15, 0.2) is 27.8 Å². The summed E-state index contributed by atoms with van der Waals surface area (Å²) in [4.78, 5) is 32.9. The van der Waals surface area contributed by atoms with E-state index in [2.05, 4.69) is 15.9 Å². The zero-order chi connectivity index (χ0) is 28.7. The first-order valence-electron chi connectivity index (χ1n) is 12.6. The first-order chi connectivity index (χ1) is 19.9. The summed E-state index contributed by atoms with van der Waals surface area (Å²) in [5.41, 5.74) is 1.96. The number of phenolic OH excluding ortho intramolecular Hbond substituents is 1. The fourth-order valence-corrected chi connectivity index (χ4v) is 6.29. The number of esters is 1. The summed E-state index contributed by atoms with van der Waals surface area (Å²) in [6.45, 7) is 1.95. The number of methoxy groups -OCH3 is 1. The smallest absolute Gasteiger partial charge is 0.338 e. The summed E-state index contributed by atoms with van der Waals surface area (Å²) >= 11 is 4.58. The van der Waals surface area contributed by atoms with Gasteiger partial charge in [0.2, 0.25) is 6.79 Å². The Morgan fingerprint density at radius 2 is 1.95 bits per heavy atom. The van der Waals surface area contributed by atoms with E-state index in [-0.39, 0.29) is 36.0 Å². The monoisotopic (exact) mass is 634 g/mol. The highest BCUT2D eigenvalue weighted by atomic mass is 79.9. The lowest BCUT2D eigenvalue weighted by molar-refractivity contribution is -0.138. The summed E-state index contributed by atoms with van der Waals surface area (Å²) in [6.07, 6.45) is 1.58. The maximum atomic E-state index is 14.1. The molecule has 11 heteroatoms. The van der Waals surface area contributed by atoms with Crippen molar-refractivity contribution in [1.82, 2.24) is 4.57 Å². The average molecular weight is 635 g/mol. The van der Waals surface area contributed by atoms with Crippen LogP contribution in [-0.2, 0) is 9.53 Å². The number of benzene rings is 3. The number of thiazole rings is 1. The molecule has 0 saturated heterocycles. The largest absolute Gasteiger partial charge is 0.504 e. The van der Waals surface area contributed by atoms with E-state index < -0.39 is 12.0 Å². The molecular formula is C30H23BrN2O7S. The molecule has 2 aliphatic rings. The third-order valence-corrected chi connectivity index (χ3v) is 8.10. The first kappa shape index (κ1) is 26.9. The summed E-state index contributed by atoms with van der Waals surface area (Å²) in [7, 11) is 1.45. The minimum absolute atomic E-state index is 0.0803. The predicted molar refractivity (Wildman–Crippen MR) is 156 cm³/mol. The van der Waals surface area contributed by atoms with Gasteiger partial charge in [0.25, 0.3) is 5.56 Å². The quantitative estimate of drug-likeness (QED) is 0.318. The van der Waals surface area contributed by atoms with Gasteiger partial charge in [-0.1, -0.05) is 63.7 Å². The highest BCUT2D eigenvalue weighted by Gasteiger charge is 2.36. The molecule has 4 aromatic rings. The molecule has 1 unspecified atom stereocenters. The van der Waals surface area contributed by atoms with Crippen LogP contribution in [0.25, 0.3) is 11.8 Å². The van der Waals surface area contributed by atoms with E-state index in [0.717, 1.165) is 11.3 Å². The molecule has 0 bridgehead atoms. The minimum atomic E-state index is -0.872. The number of halogens is 1. The van der Waals surface area contributed by atoms with Gasteiger partial charge in [0, 0.05) is 15.6 Å². The van der Waals surface area contributed by atoms with Gasteiger partial charge < -0.3 is 24.1 Å². The van der Waals surface area contributed by atoms with Crippen molar-refractivity contribution in [1.29, 1.82) is 0 Å². The van der Waals surface area contributed by atoms with Crippen LogP contribution >= 0.6 is 27.3 Å². The van der Waals surface area contributed by atoms with E-state index in [9.17, 15) is 14.7 Å². The highest BCUT2D eigenvalue weighted by Crippen LogP contribution is 2.40. The number of hydrogen-bond acceptors (Lipinski definition) is 9. The van der Waals surface area contributed by atoms with Crippen LogP contribution in [0.1, 0.15) is 29.7 Å². The Labute approximate surface area is 246 Å². The number of hydrogen-bond donors (Lipinski definition) is 1. The number of carbonyl (C=O) groups excluding carboxylic acids is 1. The number of ether oxygens (including phenoxy) is 4. The Kier molecular flexibility index (Phi) is 7.14. The molecule has 3 aromatic carbocycles. The molecule has 0 spiro atoms. The summed E-state index contributed by atoms with van der Waals surface area (Å²) in [5, 5.41) is 10.8. The lowest BCUT2D eigenvalue weighted by atomic mass is 9.93. The molecule has 6 rings (SSSR count). The highest BCUT2D eigenvalue weighted by molar-refractivity contribution is 9.10. The molecule has 0 saturated carbocycles. The Bertz CT molecular complexity index is 1900. The van der Waals surface area contributed by atoms with Gasteiger partial charge in [0.05, 0.1) is 35.6 Å². The molecule has 0 radical (unpaired) electrons. The molecule has 208 valence electrons. The van der Waals surface area contributed by atoms with Crippen LogP contribution in [0.4, 0.5) is 0 Å². The van der Waals surface area contributed by atoms with E-state index in [0.29, 0.717) is 47.7 Å². The number of rotatable bonds is 6. The van der Waals surface area contributed by atoms with Crippen molar-refractivity contribution < 1.29 is 28.8 Å². The zero-order valence-corrected chi connectivity index (χ0v) is 24.3. The van der Waals surface area contributed by atoms with Crippen molar-refractivity contribution >= 4 is 45.0 Å². The number of carbonyl (C=O) groups is 1. The normalized spacial score (nSPS) is 15.9. The van der Waals surface area contributed by atoms with Crippen molar-refractivity contribution in [3.05, 3.63) is 107 Å². The lowest BCUT2D eigenvalue weighted by Gasteiger charge is -2.26. The molecular weight excluding hydrogens is 612 g/mol. The van der Waals surface area contributed by atoms with Crippen molar-refractivity contribution in [2.75, 3.05) is 20.5 Å². The van der Waals surface area contributed by atoms with Crippen molar-refractivity contribution in [3.8, 4) is 23.0 Å². The molecule has 1 atom stereocenters. The number of aromatic hydroxyl groups is 1. The Morgan fingerprint density at radius 3 is 2.71 bits per heavy atom. The topological polar surface area (TPSA) is 109 Å². The summed E-state index contributed by atoms with van der Waals surface area (Å²) in [5.74, 6) is 0.655. The van der Waals surface area contributed by atoms with Crippen LogP contribution in [0, 0.1) is 0 Å². The SMILES string of the molecule is CCOC(=O)C1=C(c2ccccc2)N=c2s/c(=C/c3cc(Br)cc(OC)c3O)c(=O)n2C1c1ccc2c(c1)OCO2. The zero-order valence-electron chi connectivity index (χ0n) is 21.9. The third kappa shape index (κ3) is 4.81. The van der Waals surface area contributed by atoms with Gasteiger partial charge in [-0.3, -0.25) is 9.36 Å². The third-order valence-electron chi connectivity index (χ3n) is 6.66. The molecule has 0 fully saturated rings. The average Bonchev–Trinajstić information content (AvgIpc) is 3.58. The van der Waals surface area contributed by atoms with Gasteiger partial charge in [-0.15, -0.1) is 0 Å². The van der Waals surface area contributed by atoms with Gasteiger partial charge in [-0.05, 0) is 42.8 Å². The lowest BCUT2D eigenvalue weighted by Crippen LogP contribution is -2.40. The van der Waals surface area contributed by atoms with E-state index in [1.807, 2.05) is 30.3 Å².